The van der Waals surface area contributed by atoms with Gasteiger partial charge in [-0.05, 0) is 36.8 Å². The zero-order valence-electron chi connectivity index (χ0n) is 16.3. The van der Waals surface area contributed by atoms with Gasteiger partial charge in [0.1, 0.15) is 6.10 Å². The van der Waals surface area contributed by atoms with Crippen LogP contribution in [-0.4, -0.2) is 40.7 Å². The van der Waals surface area contributed by atoms with Crippen LogP contribution in [0.4, 0.5) is 0 Å². The molecule has 0 amide bonds. The predicted molar refractivity (Wildman–Crippen MR) is 114 cm³/mol. The summed E-state index contributed by atoms with van der Waals surface area (Å²) in [6, 6.07) is 18.7. The van der Waals surface area contributed by atoms with Crippen molar-refractivity contribution in [3.63, 3.8) is 0 Å². The van der Waals surface area contributed by atoms with Gasteiger partial charge in [-0.2, -0.15) is 0 Å². The molecule has 2 bridgehead atoms. The minimum absolute atomic E-state index is 0.168. The van der Waals surface area contributed by atoms with Crippen molar-refractivity contribution in [3.8, 4) is 0 Å². The molecule has 2 heterocycles. The number of nitrogens with zero attached hydrogens (tertiary/aromatic N) is 1. The Balaban J connectivity index is 1.61. The van der Waals surface area contributed by atoms with Crippen LogP contribution in [-0.2, 0) is 15.1 Å². The van der Waals surface area contributed by atoms with Crippen LogP contribution in [0.25, 0.3) is 0 Å². The summed E-state index contributed by atoms with van der Waals surface area (Å²) in [4.78, 5) is 15.8. The van der Waals surface area contributed by atoms with Crippen molar-refractivity contribution in [2.24, 2.45) is 0 Å². The molecule has 152 valence electrons. The first-order valence-corrected chi connectivity index (χ1v) is 10.6. The molecular weight excluding hydrogens is 386 g/mol. The van der Waals surface area contributed by atoms with Gasteiger partial charge in [0.2, 0.25) is 5.60 Å². The maximum atomic E-state index is 13.4. The number of esters is 1. The summed E-state index contributed by atoms with van der Waals surface area (Å²) in [5.74, 6) is -0.613. The Morgan fingerprint density at radius 2 is 1.62 bits per heavy atom. The van der Waals surface area contributed by atoms with E-state index in [0.29, 0.717) is 17.2 Å². The molecule has 2 aliphatic rings. The highest BCUT2D eigenvalue weighted by atomic mass is 35.5. The van der Waals surface area contributed by atoms with Crippen molar-refractivity contribution >= 4 is 17.6 Å². The minimum atomic E-state index is -1.83. The Bertz CT molecular complexity index is 815. The van der Waals surface area contributed by atoms with Crippen LogP contribution >= 0.6 is 11.6 Å². The summed E-state index contributed by atoms with van der Waals surface area (Å²) in [5, 5.41) is 11.6. The van der Waals surface area contributed by atoms with Gasteiger partial charge < -0.3 is 9.84 Å². The van der Waals surface area contributed by atoms with E-state index in [1.165, 1.54) is 0 Å². The van der Waals surface area contributed by atoms with Crippen LogP contribution in [0.5, 0.6) is 0 Å². The molecule has 5 heteroatoms. The molecule has 0 aliphatic carbocycles. The van der Waals surface area contributed by atoms with Crippen molar-refractivity contribution in [3.05, 3.63) is 83.4 Å². The third kappa shape index (κ3) is 3.85. The summed E-state index contributed by atoms with van der Waals surface area (Å²) in [6.07, 6.45) is 5.61. The van der Waals surface area contributed by atoms with Gasteiger partial charge in [-0.1, -0.05) is 78.3 Å². The summed E-state index contributed by atoms with van der Waals surface area (Å²) >= 11 is 5.73. The van der Waals surface area contributed by atoms with Gasteiger partial charge >= 0.3 is 5.97 Å². The molecule has 0 radical (unpaired) electrons. The van der Waals surface area contributed by atoms with Gasteiger partial charge in [-0.25, -0.2) is 4.79 Å². The quantitative estimate of drug-likeness (QED) is 0.723. The molecule has 29 heavy (non-hydrogen) atoms. The molecule has 4 rings (SSSR count). The lowest BCUT2D eigenvalue weighted by Gasteiger charge is -2.40. The molecule has 2 saturated heterocycles. The fourth-order valence-electron chi connectivity index (χ4n) is 4.79. The molecule has 2 aliphatic heterocycles. The van der Waals surface area contributed by atoms with E-state index < -0.39 is 11.6 Å². The Labute approximate surface area is 176 Å². The molecule has 0 spiro atoms. The van der Waals surface area contributed by atoms with Crippen molar-refractivity contribution in [1.29, 1.82) is 0 Å². The van der Waals surface area contributed by atoms with Crippen molar-refractivity contribution < 1.29 is 14.6 Å². The second kappa shape index (κ2) is 8.70. The lowest BCUT2D eigenvalue weighted by Crippen LogP contribution is -2.51. The van der Waals surface area contributed by atoms with Crippen LogP contribution in [0.3, 0.4) is 0 Å². The van der Waals surface area contributed by atoms with Crippen molar-refractivity contribution in [2.75, 3.05) is 6.54 Å². The van der Waals surface area contributed by atoms with Gasteiger partial charge in [0.25, 0.3) is 0 Å². The van der Waals surface area contributed by atoms with Gasteiger partial charge in [-0.3, -0.25) is 4.90 Å². The molecule has 1 N–H and O–H groups in total. The molecule has 0 unspecified atom stereocenters. The van der Waals surface area contributed by atoms with Crippen molar-refractivity contribution in [2.45, 2.75) is 49.5 Å². The minimum Gasteiger partial charge on any atom is -0.458 e. The molecule has 3 atom stereocenters. The summed E-state index contributed by atoms with van der Waals surface area (Å²) < 4.78 is 6.02. The third-order valence-electron chi connectivity index (χ3n) is 6.25. The lowest BCUT2D eigenvalue weighted by molar-refractivity contribution is -0.173. The number of benzene rings is 2. The molecule has 4 nitrogen and oxygen atoms in total. The summed E-state index contributed by atoms with van der Waals surface area (Å²) in [6.45, 7) is 0.758. The van der Waals surface area contributed by atoms with Crippen LogP contribution in [0.1, 0.15) is 36.8 Å². The number of hydrogen-bond acceptors (Lipinski definition) is 4. The second-order valence-corrected chi connectivity index (χ2v) is 8.07. The standard InChI is InChI=1S/C24H26ClNO3/c25-16-7-17-26-20-12-14-21(26)22(15-13-20)29-23(27)24(28,18-8-3-1-4-9-18)19-10-5-2-6-11-19/h1-11,16,20-22,28H,12-15,17H2/b16-7+/t20-,21+,22+/m0/s1. The second-order valence-electron chi connectivity index (χ2n) is 7.82. The normalized spacial score (nSPS) is 24.7. The highest BCUT2D eigenvalue weighted by Gasteiger charge is 2.47. The van der Waals surface area contributed by atoms with E-state index in [1.807, 2.05) is 42.5 Å². The third-order valence-corrected chi connectivity index (χ3v) is 6.42. The van der Waals surface area contributed by atoms with E-state index in [0.717, 1.165) is 32.2 Å². The Hall–Kier alpha value is -2.14. The molecule has 2 aromatic carbocycles. The fraction of sp³-hybridized carbons (Fsp3) is 0.375. The lowest BCUT2D eigenvalue weighted by atomic mass is 9.86. The van der Waals surface area contributed by atoms with Gasteiger partial charge in [0.15, 0.2) is 0 Å². The number of rotatable bonds is 6. The number of aliphatic hydroxyl groups is 1. The first-order chi connectivity index (χ1) is 14.1. The van der Waals surface area contributed by atoms with Crippen LogP contribution < -0.4 is 0 Å². The zero-order valence-corrected chi connectivity index (χ0v) is 17.0. The highest BCUT2D eigenvalue weighted by molar-refractivity contribution is 6.25. The first kappa shape index (κ1) is 20.1. The number of carbonyl (C=O) groups excluding carboxylic acids is 1. The number of fused-ring (bicyclic) bond motifs is 2. The summed E-state index contributed by atoms with van der Waals surface area (Å²) in [5.41, 5.74) is 0.730. The molecular formula is C24H26ClNO3. The number of ether oxygens (including phenoxy) is 1. The Kier molecular flexibility index (Phi) is 6.04. The van der Waals surface area contributed by atoms with E-state index in [4.69, 9.17) is 16.3 Å². The van der Waals surface area contributed by atoms with E-state index >= 15 is 0 Å². The SMILES string of the molecule is O=C(O[C@@H]1CC[C@@H]2CC[C@H]1N2C/C=C/Cl)C(O)(c1ccccc1)c1ccccc1. The van der Waals surface area contributed by atoms with E-state index in [1.54, 1.807) is 29.8 Å². The maximum Gasteiger partial charge on any atom is 0.348 e. The Morgan fingerprint density at radius 3 is 2.21 bits per heavy atom. The van der Waals surface area contributed by atoms with Crippen LogP contribution in [0.15, 0.2) is 72.3 Å². The fourth-order valence-corrected chi connectivity index (χ4v) is 4.87. The zero-order chi connectivity index (χ0) is 20.3. The van der Waals surface area contributed by atoms with Crippen LogP contribution in [0.2, 0.25) is 0 Å². The van der Waals surface area contributed by atoms with Gasteiger partial charge in [-0.15, -0.1) is 0 Å². The summed E-state index contributed by atoms with van der Waals surface area (Å²) in [7, 11) is 0. The van der Waals surface area contributed by atoms with E-state index in [2.05, 4.69) is 4.90 Å². The first-order valence-electron chi connectivity index (χ1n) is 10.2. The smallest absolute Gasteiger partial charge is 0.348 e. The molecule has 0 aromatic heterocycles. The topological polar surface area (TPSA) is 49.8 Å². The van der Waals surface area contributed by atoms with E-state index in [-0.39, 0.29) is 12.1 Å². The van der Waals surface area contributed by atoms with Gasteiger partial charge in [0, 0.05) is 24.2 Å². The Morgan fingerprint density at radius 1 is 1.03 bits per heavy atom. The molecule has 2 aromatic rings. The number of hydrogen-bond donors (Lipinski definition) is 1. The largest absolute Gasteiger partial charge is 0.458 e. The average molecular weight is 412 g/mol. The monoisotopic (exact) mass is 411 g/mol. The van der Waals surface area contributed by atoms with Crippen molar-refractivity contribution in [1.82, 2.24) is 4.90 Å². The number of halogens is 1. The van der Waals surface area contributed by atoms with E-state index in [9.17, 15) is 9.90 Å². The number of carbonyl (C=O) groups is 1. The maximum absolute atomic E-state index is 13.4. The molecule has 2 fully saturated rings. The van der Waals surface area contributed by atoms with Crippen LogP contribution in [0, 0.1) is 0 Å². The molecule has 0 saturated carbocycles. The average Bonchev–Trinajstić information content (AvgIpc) is 3.06. The predicted octanol–water partition coefficient (Wildman–Crippen LogP) is 4.21. The highest BCUT2D eigenvalue weighted by Crippen LogP contribution is 2.39. The van der Waals surface area contributed by atoms with Gasteiger partial charge in [0.05, 0.1) is 0 Å². The number of piperidine rings is 1.